The number of aryl methyl sites for hydroxylation is 1. The highest BCUT2D eigenvalue weighted by atomic mass is 16.6. The summed E-state index contributed by atoms with van der Waals surface area (Å²) in [6.45, 7) is 1.14. The third-order valence-electron chi connectivity index (χ3n) is 2.83. The molecule has 0 saturated carbocycles. The van der Waals surface area contributed by atoms with Crippen molar-refractivity contribution in [2.24, 2.45) is 0 Å². The van der Waals surface area contributed by atoms with Crippen LogP contribution < -0.4 is 21.3 Å². The highest BCUT2D eigenvalue weighted by Crippen LogP contribution is 2.22. The average molecular weight is 320 g/mol. The molecule has 0 atom stereocenters. The average Bonchev–Trinajstić information content (AvgIpc) is 2.48. The Morgan fingerprint density at radius 1 is 1.39 bits per heavy atom. The molecule has 1 aromatic heterocycles. The molecule has 1 heterocycles. The number of hydrogen-bond acceptors (Lipinski definition) is 6. The van der Waals surface area contributed by atoms with Crippen LogP contribution in [0.25, 0.3) is 0 Å². The number of ether oxygens (including phenoxy) is 1. The topological polar surface area (TPSA) is 147 Å². The number of amides is 1. The zero-order chi connectivity index (χ0) is 17.0. The van der Waals surface area contributed by atoms with E-state index in [1.54, 1.807) is 6.92 Å². The molecular formula is C13H12N4O6. The molecule has 10 heteroatoms. The molecular weight excluding hydrogens is 308 g/mol. The van der Waals surface area contributed by atoms with Crippen LogP contribution in [0.1, 0.15) is 5.56 Å². The first-order valence-electron chi connectivity index (χ1n) is 6.36. The SMILES string of the molecule is Cc1cc(OCC(=O)Nc2c[nH]c(=O)[nH]c2=O)ccc1[N+](=O)[O-]. The van der Waals surface area contributed by atoms with E-state index in [9.17, 15) is 24.5 Å². The van der Waals surface area contributed by atoms with Gasteiger partial charge in [-0.15, -0.1) is 0 Å². The van der Waals surface area contributed by atoms with E-state index in [1.165, 1.54) is 18.2 Å². The number of anilines is 1. The molecule has 120 valence electrons. The van der Waals surface area contributed by atoms with Crippen molar-refractivity contribution in [2.75, 3.05) is 11.9 Å². The van der Waals surface area contributed by atoms with Gasteiger partial charge in [0.1, 0.15) is 11.4 Å². The van der Waals surface area contributed by atoms with Gasteiger partial charge in [-0.2, -0.15) is 0 Å². The number of nitrogens with one attached hydrogen (secondary N) is 3. The predicted molar refractivity (Wildman–Crippen MR) is 79.6 cm³/mol. The van der Waals surface area contributed by atoms with Crippen molar-refractivity contribution in [3.63, 3.8) is 0 Å². The van der Waals surface area contributed by atoms with Crippen molar-refractivity contribution in [3.05, 3.63) is 60.9 Å². The van der Waals surface area contributed by atoms with E-state index in [0.29, 0.717) is 5.56 Å². The Morgan fingerprint density at radius 3 is 2.74 bits per heavy atom. The minimum atomic E-state index is -0.742. The number of nitrogens with zero attached hydrogens (tertiary/aromatic N) is 1. The third-order valence-corrected chi connectivity index (χ3v) is 2.83. The summed E-state index contributed by atoms with van der Waals surface area (Å²) < 4.78 is 5.20. The number of aromatic amines is 2. The molecule has 3 N–H and O–H groups in total. The second kappa shape index (κ2) is 6.56. The van der Waals surface area contributed by atoms with Crippen molar-refractivity contribution >= 4 is 17.3 Å². The van der Waals surface area contributed by atoms with Gasteiger partial charge < -0.3 is 15.0 Å². The fraction of sp³-hybridized carbons (Fsp3) is 0.154. The van der Waals surface area contributed by atoms with E-state index in [-0.39, 0.29) is 17.1 Å². The lowest BCUT2D eigenvalue weighted by Crippen LogP contribution is -2.28. The van der Waals surface area contributed by atoms with Gasteiger partial charge in [0, 0.05) is 17.8 Å². The third kappa shape index (κ3) is 4.03. The summed E-state index contributed by atoms with van der Waals surface area (Å²) in [5, 5.41) is 13.0. The van der Waals surface area contributed by atoms with Crippen LogP contribution in [0.5, 0.6) is 5.75 Å². The lowest BCUT2D eigenvalue weighted by atomic mass is 10.2. The molecule has 23 heavy (non-hydrogen) atoms. The number of H-pyrrole nitrogens is 2. The standard InChI is InChI=1S/C13H12N4O6/c1-7-4-8(2-3-10(7)17(21)22)23-6-11(18)15-9-5-14-13(20)16-12(9)19/h2-5H,6H2,1H3,(H,15,18)(H2,14,16,19,20). The molecule has 0 bridgehead atoms. The smallest absolute Gasteiger partial charge is 0.325 e. The van der Waals surface area contributed by atoms with Crippen LogP contribution in [0.2, 0.25) is 0 Å². The second-order valence-corrected chi connectivity index (χ2v) is 4.53. The first-order chi connectivity index (χ1) is 10.9. The van der Waals surface area contributed by atoms with E-state index < -0.39 is 28.7 Å². The molecule has 0 radical (unpaired) electrons. The van der Waals surface area contributed by atoms with Gasteiger partial charge in [-0.3, -0.25) is 24.7 Å². The molecule has 10 nitrogen and oxygen atoms in total. The number of aromatic nitrogens is 2. The Labute approximate surface area is 128 Å². The molecule has 1 aromatic carbocycles. The number of carbonyl (C=O) groups excluding carboxylic acids is 1. The highest BCUT2D eigenvalue weighted by molar-refractivity contribution is 5.91. The van der Waals surface area contributed by atoms with Crippen LogP contribution in [0.3, 0.4) is 0 Å². The molecule has 0 saturated heterocycles. The minimum Gasteiger partial charge on any atom is -0.484 e. The summed E-state index contributed by atoms with van der Waals surface area (Å²) in [6, 6.07) is 4.07. The first-order valence-corrected chi connectivity index (χ1v) is 6.36. The molecule has 0 unspecified atom stereocenters. The molecule has 0 aliphatic carbocycles. The Morgan fingerprint density at radius 2 is 2.13 bits per heavy atom. The molecule has 2 aromatic rings. The monoisotopic (exact) mass is 320 g/mol. The number of carbonyl (C=O) groups is 1. The van der Waals surface area contributed by atoms with Crippen LogP contribution in [-0.2, 0) is 4.79 Å². The van der Waals surface area contributed by atoms with Crippen LogP contribution in [0, 0.1) is 17.0 Å². The fourth-order valence-electron chi connectivity index (χ4n) is 1.76. The molecule has 1 amide bonds. The maximum atomic E-state index is 11.7. The summed E-state index contributed by atoms with van der Waals surface area (Å²) in [5.74, 6) is -0.350. The van der Waals surface area contributed by atoms with E-state index in [0.717, 1.165) is 6.20 Å². The Hall–Kier alpha value is -3.43. The zero-order valence-electron chi connectivity index (χ0n) is 11.9. The summed E-state index contributed by atoms with van der Waals surface area (Å²) in [6.07, 6.45) is 1.06. The quantitative estimate of drug-likeness (QED) is 0.533. The Balaban J connectivity index is 1.99. The van der Waals surface area contributed by atoms with Crippen molar-refractivity contribution < 1.29 is 14.5 Å². The number of rotatable bonds is 5. The lowest BCUT2D eigenvalue weighted by Gasteiger charge is -2.07. The summed E-state index contributed by atoms with van der Waals surface area (Å²) in [4.78, 5) is 48.3. The summed E-state index contributed by atoms with van der Waals surface area (Å²) >= 11 is 0. The van der Waals surface area contributed by atoms with Gasteiger partial charge in [-0.25, -0.2) is 4.79 Å². The second-order valence-electron chi connectivity index (χ2n) is 4.53. The normalized spacial score (nSPS) is 10.1. The number of nitro benzene ring substituents is 1. The van der Waals surface area contributed by atoms with E-state index in [1.807, 2.05) is 4.98 Å². The Bertz CT molecular complexity index is 869. The van der Waals surface area contributed by atoms with Crippen molar-refractivity contribution in [2.45, 2.75) is 6.92 Å². The molecule has 0 spiro atoms. The fourth-order valence-corrected chi connectivity index (χ4v) is 1.76. The number of benzene rings is 1. The number of hydrogen-bond donors (Lipinski definition) is 3. The van der Waals surface area contributed by atoms with Crippen LogP contribution >= 0.6 is 0 Å². The molecule has 0 aliphatic rings. The van der Waals surface area contributed by atoms with Gasteiger partial charge in [0.25, 0.3) is 17.2 Å². The van der Waals surface area contributed by atoms with Gasteiger partial charge in [-0.1, -0.05) is 0 Å². The van der Waals surface area contributed by atoms with Gasteiger partial charge in [-0.05, 0) is 19.1 Å². The van der Waals surface area contributed by atoms with Gasteiger partial charge in [0.2, 0.25) is 0 Å². The van der Waals surface area contributed by atoms with Gasteiger partial charge in [0.05, 0.1) is 4.92 Å². The predicted octanol–water partition coefficient (Wildman–Crippen LogP) is 0.297. The maximum absolute atomic E-state index is 11.7. The van der Waals surface area contributed by atoms with E-state index in [2.05, 4.69) is 10.3 Å². The van der Waals surface area contributed by atoms with Crippen LogP contribution in [-0.4, -0.2) is 27.4 Å². The van der Waals surface area contributed by atoms with Crippen LogP contribution in [0.4, 0.5) is 11.4 Å². The Kier molecular flexibility index (Phi) is 4.55. The lowest BCUT2D eigenvalue weighted by molar-refractivity contribution is -0.385. The molecule has 2 rings (SSSR count). The largest absolute Gasteiger partial charge is 0.484 e. The van der Waals surface area contributed by atoms with E-state index in [4.69, 9.17) is 4.74 Å². The molecule has 0 aliphatic heterocycles. The summed E-state index contributed by atoms with van der Waals surface area (Å²) in [7, 11) is 0. The van der Waals surface area contributed by atoms with Crippen molar-refractivity contribution in [3.8, 4) is 5.75 Å². The number of nitro groups is 1. The van der Waals surface area contributed by atoms with Gasteiger partial charge in [0.15, 0.2) is 6.61 Å². The zero-order valence-corrected chi connectivity index (χ0v) is 11.9. The maximum Gasteiger partial charge on any atom is 0.325 e. The summed E-state index contributed by atoms with van der Waals surface area (Å²) in [5.41, 5.74) is -1.22. The van der Waals surface area contributed by atoms with Crippen molar-refractivity contribution in [1.82, 2.24) is 9.97 Å². The van der Waals surface area contributed by atoms with Gasteiger partial charge >= 0.3 is 5.69 Å². The highest BCUT2D eigenvalue weighted by Gasteiger charge is 2.12. The van der Waals surface area contributed by atoms with E-state index >= 15 is 0 Å². The van der Waals surface area contributed by atoms with Crippen LogP contribution in [0.15, 0.2) is 34.0 Å². The first kappa shape index (κ1) is 15.9. The molecule has 0 fully saturated rings. The van der Waals surface area contributed by atoms with Crippen molar-refractivity contribution in [1.29, 1.82) is 0 Å². The minimum absolute atomic E-state index is 0.0541.